The minimum atomic E-state index is -0.771. The van der Waals surface area contributed by atoms with Gasteiger partial charge in [-0.3, -0.25) is 4.68 Å². The zero-order chi connectivity index (χ0) is 18.6. The molecule has 6 heteroatoms. The standard InChI is InChI=1S/C17H17ClN2O3.C2H6/c1-11-8-17(2,23-16(11)22)15-4-3-13(18)7-14(15)12-9-19-20(10-12)5-6-21;1-2/h3-4,7,9-10,21H,1,5-6,8H2,2H3;1-2H3. The van der Waals surface area contributed by atoms with Crippen molar-refractivity contribution in [2.45, 2.75) is 39.3 Å². The number of hydrogen-bond acceptors (Lipinski definition) is 4. The Hall–Kier alpha value is -2.11. The molecule has 0 radical (unpaired) electrons. The molecule has 1 aliphatic rings. The zero-order valence-corrected chi connectivity index (χ0v) is 15.5. The number of rotatable bonds is 4. The predicted octanol–water partition coefficient (Wildman–Crippen LogP) is 3.94. The second-order valence-electron chi connectivity index (χ2n) is 5.81. The molecule has 1 aliphatic heterocycles. The maximum Gasteiger partial charge on any atom is 0.334 e. The van der Waals surface area contributed by atoms with Crippen molar-refractivity contribution in [1.82, 2.24) is 9.78 Å². The number of carbonyl (C=O) groups excluding carboxylic acids is 1. The predicted molar refractivity (Wildman–Crippen MR) is 98.3 cm³/mol. The summed E-state index contributed by atoms with van der Waals surface area (Å²) in [7, 11) is 0. The van der Waals surface area contributed by atoms with Crippen LogP contribution in [0.4, 0.5) is 0 Å². The second kappa shape index (κ2) is 7.85. The highest BCUT2D eigenvalue weighted by atomic mass is 35.5. The van der Waals surface area contributed by atoms with Crippen molar-refractivity contribution in [3.05, 3.63) is 53.3 Å². The summed E-state index contributed by atoms with van der Waals surface area (Å²) in [6.07, 6.45) is 3.98. The van der Waals surface area contributed by atoms with Gasteiger partial charge < -0.3 is 9.84 Å². The minimum absolute atomic E-state index is 0.0126. The number of esters is 1. The Labute approximate surface area is 152 Å². The SMILES string of the molecule is C=C1CC(C)(c2ccc(Cl)cc2-c2cnn(CCO)c2)OC1=O.CC. The lowest BCUT2D eigenvalue weighted by atomic mass is 9.86. The van der Waals surface area contributed by atoms with Crippen LogP contribution in [0.2, 0.25) is 5.02 Å². The summed E-state index contributed by atoms with van der Waals surface area (Å²) < 4.78 is 7.21. The molecule has 1 N–H and O–H groups in total. The van der Waals surface area contributed by atoms with Gasteiger partial charge >= 0.3 is 5.97 Å². The number of aromatic nitrogens is 2. The fraction of sp³-hybridized carbons (Fsp3) is 0.368. The van der Waals surface area contributed by atoms with Gasteiger partial charge in [-0.1, -0.05) is 38.1 Å². The Balaban J connectivity index is 0.00000109. The van der Waals surface area contributed by atoms with Gasteiger partial charge in [0.25, 0.3) is 0 Å². The Morgan fingerprint density at radius 3 is 2.76 bits per heavy atom. The van der Waals surface area contributed by atoms with Crippen molar-refractivity contribution in [3.63, 3.8) is 0 Å². The second-order valence-corrected chi connectivity index (χ2v) is 6.24. The molecule has 5 nitrogen and oxygen atoms in total. The molecule has 134 valence electrons. The number of hydrogen-bond donors (Lipinski definition) is 1. The quantitative estimate of drug-likeness (QED) is 0.661. The van der Waals surface area contributed by atoms with Gasteiger partial charge in [-0.05, 0) is 24.6 Å². The van der Waals surface area contributed by atoms with E-state index in [1.807, 2.05) is 39.1 Å². The smallest absolute Gasteiger partial charge is 0.334 e. The van der Waals surface area contributed by atoms with Gasteiger partial charge in [0.15, 0.2) is 0 Å². The molecule has 1 saturated heterocycles. The molecular formula is C19H23ClN2O3. The molecule has 3 rings (SSSR count). The van der Waals surface area contributed by atoms with Crippen molar-refractivity contribution in [1.29, 1.82) is 0 Å². The first kappa shape index (κ1) is 19.2. The lowest BCUT2D eigenvalue weighted by Gasteiger charge is -2.25. The first-order valence-electron chi connectivity index (χ1n) is 8.28. The van der Waals surface area contributed by atoms with Gasteiger partial charge in [0.2, 0.25) is 0 Å². The topological polar surface area (TPSA) is 64.3 Å². The monoisotopic (exact) mass is 362 g/mol. The zero-order valence-electron chi connectivity index (χ0n) is 14.8. The van der Waals surface area contributed by atoms with Crippen molar-refractivity contribution in [2.75, 3.05) is 6.61 Å². The van der Waals surface area contributed by atoms with E-state index in [0.717, 1.165) is 16.7 Å². The fourth-order valence-electron chi connectivity index (χ4n) is 2.89. The van der Waals surface area contributed by atoms with Gasteiger partial charge in [-0.25, -0.2) is 4.79 Å². The molecule has 2 heterocycles. The molecule has 0 spiro atoms. The number of benzene rings is 1. The van der Waals surface area contributed by atoms with Crippen LogP contribution in [-0.2, 0) is 21.7 Å². The third kappa shape index (κ3) is 3.94. The summed E-state index contributed by atoms with van der Waals surface area (Å²) in [5.74, 6) is -0.371. The number of aliphatic hydroxyl groups is 1. The average Bonchev–Trinajstić information content (AvgIpc) is 3.15. The van der Waals surface area contributed by atoms with Crippen LogP contribution >= 0.6 is 11.6 Å². The van der Waals surface area contributed by atoms with Gasteiger partial charge in [-0.15, -0.1) is 0 Å². The summed E-state index contributed by atoms with van der Waals surface area (Å²) >= 11 is 6.15. The molecule has 0 amide bonds. The Morgan fingerprint density at radius 1 is 1.44 bits per heavy atom. The molecule has 0 aliphatic carbocycles. The normalized spacial score (nSPS) is 19.4. The molecule has 1 aromatic carbocycles. The molecule has 25 heavy (non-hydrogen) atoms. The van der Waals surface area contributed by atoms with Crippen LogP contribution in [0.1, 0.15) is 32.8 Å². The maximum atomic E-state index is 11.8. The molecule has 0 bridgehead atoms. The molecule has 1 fully saturated rings. The van der Waals surface area contributed by atoms with Gasteiger partial charge in [0.05, 0.1) is 19.3 Å². The van der Waals surface area contributed by atoms with E-state index in [-0.39, 0.29) is 12.6 Å². The third-order valence-corrected chi connectivity index (χ3v) is 4.22. The van der Waals surface area contributed by atoms with Crippen molar-refractivity contribution in [3.8, 4) is 11.1 Å². The van der Waals surface area contributed by atoms with Crippen molar-refractivity contribution in [2.24, 2.45) is 0 Å². The highest BCUT2D eigenvalue weighted by Gasteiger charge is 2.41. The van der Waals surface area contributed by atoms with E-state index in [1.54, 1.807) is 16.9 Å². The number of aliphatic hydroxyl groups excluding tert-OH is 1. The first-order chi connectivity index (χ1) is 11.9. The van der Waals surface area contributed by atoms with E-state index in [4.69, 9.17) is 21.4 Å². The van der Waals surface area contributed by atoms with E-state index in [9.17, 15) is 4.79 Å². The Bertz CT molecular complexity index is 767. The van der Waals surface area contributed by atoms with E-state index in [0.29, 0.717) is 23.6 Å². The van der Waals surface area contributed by atoms with Crippen LogP contribution < -0.4 is 0 Å². The van der Waals surface area contributed by atoms with Crippen molar-refractivity contribution < 1.29 is 14.6 Å². The summed E-state index contributed by atoms with van der Waals surface area (Å²) in [6, 6.07) is 5.48. The first-order valence-corrected chi connectivity index (χ1v) is 8.65. The summed E-state index contributed by atoms with van der Waals surface area (Å²) in [6.45, 7) is 10.1. The number of carbonyl (C=O) groups is 1. The third-order valence-electron chi connectivity index (χ3n) is 3.98. The lowest BCUT2D eigenvalue weighted by molar-refractivity contribution is -0.145. The van der Waals surface area contributed by atoms with E-state index >= 15 is 0 Å². The fourth-order valence-corrected chi connectivity index (χ4v) is 3.06. The van der Waals surface area contributed by atoms with E-state index in [2.05, 4.69) is 11.7 Å². The molecule has 1 aromatic heterocycles. The number of halogens is 1. The van der Waals surface area contributed by atoms with E-state index < -0.39 is 5.60 Å². The summed E-state index contributed by atoms with van der Waals surface area (Å²) in [4.78, 5) is 11.8. The molecular weight excluding hydrogens is 340 g/mol. The van der Waals surface area contributed by atoms with Crippen LogP contribution in [0, 0.1) is 0 Å². The molecule has 1 atom stereocenters. The maximum absolute atomic E-state index is 11.8. The molecule has 0 saturated carbocycles. The number of cyclic esters (lactones) is 1. The van der Waals surface area contributed by atoms with Crippen LogP contribution in [0.3, 0.4) is 0 Å². The average molecular weight is 363 g/mol. The van der Waals surface area contributed by atoms with Gasteiger partial charge in [-0.2, -0.15) is 5.10 Å². The molecule has 1 unspecified atom stereocenters. The summed E-state index contributed by atoms with van der Waals surface area (Å²) in [5.41, 5.74) is 2.26. The van der Waals surface area contributed by atoms with Gasteiger partial charge in [0, 0.05) is 34.3 Å². The largest absolute Gasteiger partial charge is 0.451 e. The molecule has 2 aromatic rings. The van der Waals surface area contributed by atoms with Crippen LogP contribution in [-0.4, -0.2) is 27.5 Å². The Morgan fingerprint density at radius 2 is 2.16 bits per heavy atom. The summed E-state index contributed by atoms with van der Waals surface area (Å²) in [5, 5.41) is 13.8. The number of ether oxygens (including phenoxy) is 1. The van der Waals surface area contributed by atoms with Crippen LogP contribution in [0.5, 0.6) is 0 Å². The Kier molecular flexibility index (Phi) is 6.03. The van der Waals surface area contributed by atoms with E-state index in [1.165, 1.54) is 0 Å². The number of nitrogens with zero attached hydrogens (tertiary/aromatic N) is 2. The minimum Gasteiger partial charge on any atom is -0.451 e. The highest BCUT2D eigenvalue weighted by Crippen LogP contribution is 2.43. The van der Waals surface area contributed by atoms with Crippen LogP contribution in [0.15, 0.2) is 42.7 Å². The lowest BCUT2D eigenvalue weighted by Crippen LogP contribution is -2.21. The highest BCUT2D eigenvalue weighted by molar-refractivity contribution is 6.30. The van der Waals surface area contributed by atoms with Crippen LogP contribution in [0.25, 0.3) is 11.1 Å². The van der Waals surface area contributed by atoms with Crippen molar-refractivity contribution >= 4 is 17.6 Å². The van der Waals surface area contributed by atoms with Gasteiger partial charge in [0.1, 0.15) is 5.60 Å².